The number of carboxylic acid groups (broad SMARTS) is 1. The summed E-state index contributed by atoms with van der Waals surface area (Å²) in [5.41, 5.74) is 0.892. The van der Waals surface area contributed by atoms with Gasteiger partial charge in [0, 0.05) is 14.2 Å². The number of carboxylic acids is 1. The molecule has 0 amide bonds. The molecule has 1 unspecified atom stereocenters. The molecule has 0 radical (unpaired) electrons. The fourth-order valence-corrected chi connectivity index (χ4v) is 3.27. The second-order valence-electron chi connectivity index (χ2n) is 4.28. The molecule has 0 saturated heterocycles. The molecule has 1 aromatic carbocycles. The summed E-state index contributed by atoms with van der Waals surface area (Å²) in [4.78, 5) is 13.7. The zero-order valence-corrected chi connectivity index (χ0v) is 13.0. The van der Waals surface area contributed by atoms with Crippen molar-refractivity contribution < 1.29 is 9.90 Å². The van der Waals surface area contributed by atoms with E-state index in [1.165, 1.54) is 9.75 Å². The molecular formula is C14H14BrNO2S. The second kappa shape index (κ2) is 5.75. The molecule has 2 N–H and O–H groups in total. The van der Waals surface area contributed by atoms with Crippen LogP contribution in [0.1, 0.15) is 33.1 Å². The van der Waals surface area contributed by atoms with Crippen LogP contribution in [0, 0.1) is 6.92 Å². The van der Waals surface area contributed by atoms with Gasteiger partial charge in [-0.2, -0.15) is 0 Å². The number of nitrogens with one attached hydrogen (secondary N) is 1. The largest absolute Gasteiger partial charge is 0.478 e. The number of hydrogen-bond donors (Lipinski definition) is 2. The molecular weight excluding hydrogens is 326 g/mol. The normalized spacial score (nSPS) is 12.2. The van der Waals surface area contributed by atoms with Crippen LogP contribution in [-0.2, 0) is 0 Å². The summed E-state index contributed by atoms with van der Waals surface area (Å²) in [5.74, 6) is -0.940. The number of carbonyl (C=O) groups is 1. The van der Waals surface area contributed by atoms with Crippen LogP contribution in [0.2, 0.25) is 0 Å². The van der Waals surface area contributed by atoms with E-state index >= 15 is 0 Å². The van der Waals surface area contributed by atoms with Gasteiger partial charge in [-0.25, -0.2) is 4.79 Å². The maximum absolute atomic E-state index is 11.3. The van der Waals surface area contributed by atoms with Gasteiger partial charge in [-0.15, -0.1) is 11.3 Å². The lowest BCUT2D eigenvalue weighted by molar-refractivity contribution is 0.0697. The highest BCUT2D eigenvalue weighted by Gasteiger charge is 2.16. The van der Waals surface area contributed by atoms with Crippen LogP contribution >= 0.6 is 27.3 Å². The summed E-state index contributed by atoms with van der Waals surface area (Å²) in [6.07, 6.45) is 0. The number of halogens is 1. The first-order chi connectivity index (χ1) is 8.99. The predicted molar refractivity (Wildman–Crippen MR) is 82.2 cm³/mol. The summed E-state index contributed by atoms with van der Waals surface area (Å²) >= 11 is 4.99. The third-order valence-electron chi connectivity index (χ3n) is 2.79. The topological polar surface area (TPSA) is 49.3 Å². The van der Waals surface area contributed by atoms with Crippen molar-refractivity contribution in [3.8, 4) is 0 Å². The minimum atomic E-state index is -0.940. The van der Waals surface area contributed by atoms with Gasteiger partial charge < -0.3 is 10.4 Å². The molecule has 2 rings (SSSR count). The van der Waals surface area contributed by atoms with E-state index < -0.39 is 5.97 Å². The minimum Gasteiger partial charge on any atom is -0.478 e. The number of thiophene rings is 1. The Hall–Kier alpha value is -1.33. The Balaban J connectivity index is 2.28. The van der Waals surface area contributed by atoms with Gasteiger partial charge >= 0.3 is 5.97 Å². The maximum Gasteiger partial charge on any atom is 0.338 e. The van der Waals surface area contributed by atoms with Crippen LogP contribution in [0.25, 0.3) is 0 Å². The van der Waals surface area contributed by atoms with Crippen LogP contribution in [0.5, 0.6) is 0 Å². The van der Waals surface area contributed by atoms with Crippen LogP contribution < -0.4 is 5.32 Å². The molecule has 0 aliphatic carbocycles. The van der Waals surface area contributed by atoms with E-state index in [9.17, 15) is 9.90 Å². The fraction of sp³-hybridized carbons (Fsp3) is 0.214. The Bertz CT molecular complexity index is 609. The number of aromatic carboxylic acids is 1. The first-order valence-corrected chi connectivity index (χ1v) is 7.44. The van der Waals surface area contributed by atoms with Gasteiger partial charge in [-0.3, -0.25) is 0 Å². The number of anilines is 1. The molecule has 0 saturated carbocycles. The standard InChI is InChI=1S/C14H14BrNO2S/c1-8-6-7-12(19-8)9(2)16-11-5-3-4-10(15)13(11)14(17)18/h3-7,9,16H,1-2H3,(H,17,18). The Morgan fingerprint density at radius 1 is 1.37 bits per heavy atom. The van der Waals surface area contributed by atoms with Gasteiger partial charge in [0.1, 0.15) is 0 Å². The fourth-order valence-electron chi connectivity index (χ4n) is 1.85. The number of rotatable bonds is 4. The number of aryl methyl sites for hydroxylation is 1. The number of benzene rings is 1. The van der Waals surface area contributed by atoms with Crippen molar-refractivity contribution in [2.75, 3.05) is 5.32 Å². The van der Waals surface area contributed by atoms with Crippen molar-refractivity contribution >= 4 is 38.9 Å². The van der Waals surface area contributed by atoms with Crippen molar-refractivity contribution in [1.82, 2.24) is 0 Å². The van der Waals surface area contributed by atoms with Gasteiger partial charge in [0.25, 0.3) is 0 Å². The van der Waals surface area contributed by atoms with E-state index in [-0.39, 0.29) is 11.6 Å². The van der Waals surface area contributed by atoms with E-state index in [4.69, 9.17) is 0 Å². The first kappa shape index (κ1) is 14.1. The lowest BCUT2D eigenvalue weighted by atomic mass is 10.1. The molecule has 0 fully saturated rings. The lowest BCUT2D eigenvalue weighted by Gasteiger charge is -2.16. The molecule has 2 aromatic rings. The van der Waals surface area contributed by atoms with Crippen molar-refractivity contribution in [2.24, 2.45) is 0 Å². The third-order valence-corrected chi connectivity index (χ3v) is 4.63. The van der Waals surface area contributed by atoms with Crippen LogP contribution in [0.15, 0.2) is 34.8 Å². The van der Waals surface area contributed by atoms with E-state index in [0.29, 0.717) is 10.2 Å². The molecule has 100 valence electrons. The van der Waals surface area contributed by atoms with Crippen LogP contribution in [0.4, 0.5) is 5.69 Å². The zero-order chi connectivity index (χ0) is 14.0. The highest BCUT2D eigenvalue weighted by Crippen LogP contribution is 2.30. The maximum atomic E-state index is 11.3. The average Bonchev–Trinajstić information content (AvgIpc) is 2.75. The molecule has 19 heavy (non-hydrogen) atoms. The second-order valence-corrected chi connectivity index (χ2v) is 6.46. The monoisotopic (exact) mass is 339 g/mol. The van der Waals surface area contributed by atoms with Gasteiger partial charge in [-0.1, -0.05) is 6.07 Å². The molecule has 0 bridgehead atoms. The highest BCUT2D eigenvalue weighted by atomic mass is 79.9. The van der Waals surface area contributed by atoms with Crippen LogP contribution in [-0.4, -0.2) is 11.1 Å². The Morgan fingerprint density at radius 2 is 2.11 bits per heavy atom. The summed E-state index contributed by atoms with van der Waals surface area (Å²) in [6.45, 7) is 4.08. The Kier molecular flexibility index (Phi) is 4.27. The zero-order valence-electron chi connectivity index (χ0n) is 10.6. The Morgan fingerprint density at radius 3 is 2.68 bits per heavy atom. The van der Waals surface area contributed by atoms with Crippen molar-refractivity contribution in [2.45, 2.75) is 19.9 Å². The van der Waals surface area contributed by atoms with E-state index in [0.717, 1.165) is 0 Å². The van der Waals surface area contributed by atoms with E-state index in [1.54, 1.807) is 23.5 Å². The smallest absolute Gasteiger partial charge is 0.338 e. The third kappa shape index (κ3) is 3.16. The van der Waals surface area contributed by atoms with Crippen molar-refractivity contribution in [3.05, 3.63) is 50.1 Å². The SMILES string of the molecule is Cc1ccc(C(C)Nc2cccc(Br)c2C(=O)O)s1. The van der Waals surface area contributed by atoms with Gasteiger partial charge in [0.15, 0.2) is 0 Å². The molecule has 5 heteroatoms. The van der Waals surface area contributed by atoms with E-state index in [1.807, 2.05) is 13.0 Å². The van der Waals surface area contributed by atoms with Crippen molar-refractivity contribution in [1.29, 1.82) is 0 Å². The Labute approximate surface area is 124 Å². The molecule has 3 nitrogen and oxygen atoms in total. The summed E-state index contributed by atoms with van der Waals surface area (Å²) < 4.78 is 0.583. The highest BCUT2D eigenvalue weighted by molar-refractivity contribution is 9.10. The molecule has 0 aliphatic heterocycles. The predicted octanol–water partition coefficient (Wildman–Crippen LogP) is 4.69. The molecule has 0 spiro atoms. The lowest BCUT2D eigenvalue weighted by Crippen LogP contribution is -2.10. The molecule has 1 atom stereocenters. The van der Waals surface area contributed by atoms with Gasteiger partial charge in [-0.05, 0) is 54.0 Å². The minimum absolute atomic E-state index is 0.0751. The summed E-state index contributed by atoms with van der Waals surface area (Å²) in [7, 11) is 0. The quantitative estimate of drug-likeness (QED) is 0.849. The molecule has 0 aliphatic rings. The summed E-state index contributed by atoms with van der Waals surface area (Å²) in [5, 5.41) is 12.5. The van der Waals surface area contributed by atoms with E-state index in [2.05, 4.69) is 40.3 Å². The van der Waals surface area contributed by atoms with Crippen LogP contribution in [0.3, 0.4) is 0 Å². The number of hydrogen-bond acceptors (Lipinski definition) is 3. The first-order valence-electron chi connectivity index (χ1n) is 5.83. The summed E-state index contributed by atoms with van der Waals surface area (Å²) in [6, 6.07) is 9.55. The van der Waals surface area contributed by atoms with Gasteiger partial charge in [0.2, 0.25) is 0 Å². The molecule has 1 aromatic heterocycles. The van der Waals surface area contributed by atoms with Crippen molar-refractivity contribution in [3.63, 3.8) is 0 Å². The van der Waals surface area contributed by atoms with Gasteiger partial charge in [0.05, 0.1) is 17.3 Å². The average molecular weight is 340 g/mol. The molecule has 1 heterocycles.